The second kappa shape index (κ2) is 12.1. The fourth-order valence-electron chi connectivity index (χ4n) is 3.47. The molecule has 0 atom stereocenters. The van der Waals surface area contributed by atoms with Crippen molar-refractivity contribution in [2.45, 2.75) is 0 Å². The van der Waals surface area contributed by atoms with Gasteiger partial charge in [0.2, 0.25) is 17.6 Å². The number of rotatable bonds is 12. The molecule has 8 N–H and O–H groups in total. The second-order valence-electron chi connectivity index (χ2n) is 7.71. The Bertz CT molecular complexity index is 1390. The summed E-state index contributed by atoms with van der Waals surface area (Å²) in [6, 6.07) is 16.3. The molecule has 196 valence electrons. The molecule has 4 rings (SSSR count). The number of hydrogen-bond donors (Lipinski definition) is 7. The van der Waals surface area contributed by atoms with E-state index in [0.29, 0.717) is 51.8 Å². The number of nitrogens with two attached hydrogens (primary N) is 1. The third-order valence-electron chi connectivity index (χ3n) is 5.31. The van der Waals surface area contributed by atoms with Gasteiger partial charge >= 0.3 is 0 Å². The summed E-state index contributed by atoms with van der Waals surface area (Å²) in [6.45, 7) is 0. The van der Waals surface area contributed by atoms with Crippen molar-refractivity contribution in [3.05, 3.63) is 66.5 Å². The van der Waals surface area contributed by atoms with Gasteiger partial charge in [0.25, 0.3) is 0 Å². The van der Waals surface area contributed by atoms with Crippen LogP contribution in [0.25, 0.3) is 0 Å². The largest absolute Gasteiger partial charge is 0.493 e. The zero-order valence-corrected chi connectivity index (χ0v) is 21.0. The highest BCUT2D eigenvalue weighted by Gasteiger charge is 2.14. The number of aromatic nitrogens is 3. The average Bonchev–Trinajstić information content (AvgIpc) is 2.94. The van der Waals surface area contributed by atoms with Crippen molar-refractivity contribution in [1.82, 2.24) is 20.5 Å². The van der Waals surface area contributed by atoms with Crippen molar-refractivity contribution in [1.29, 1.82) is 5.41 Å². The van der Waals surface area contributed by atoms with Gasteiger partial charge in [-0.25, -0.2) is 9.97 Å². The fraction of sp³-hybridized carbons (Fsp3) is 0.120. The molecule has 3 aromatic carbocycles. The van der Waals surface area contributed by atoms with Crippen LogP contribution in [0, 0.1) is 5.41 Å². The highest BCUT2D eigenvalue weighted by Crippen LogP contribution is 2.40. The predicted octanol–water partition coefficient (Wildman–Crippen LogP) is 3.91. The molecule has 38 heavy (non-hydrogen) atoms. The summed E-state index contributed by atoms with van der Waals surface area (Å²) in [7, 11) is 4.64. The molecular formula is C25H28N10O3. The molecule has 0 saturated carbocycles. The number of anilines is 7. The van der Waals surface area contributed by atoms with Crippen molar-refractivity contribution in [3.8, 4) is 17.2 Å². The van der Waals surface area contributed by atoms with Crippen LogP contribution in [-0.4, -0.2) is 42.5 Å². The van der Waals surface area contributed by atoms with Crippen molar-refractivity contribution >= 4 is 46.5 Å². The Labute approximate surface area is 219 Å². The van der Waals surface area contributed by atoms with Gasteiger partial charge in [-0.05, 0) is 30.3 Å². The summed E-state index contributed by atoms with van der Waals surface area (Å²) >= 11 is 0. The first-order valence-electron chi connectivity index (χ1n) is 11.3. The Morgan fingerprint density at radius 2 is 1.47 bits per heavy atom. The molecule has 0 spiro atoms. The number of nitrogens with one attached hydrogen (secondary N) is 6. The molecule has 4 aromatic rings. The van der Waals surface area contributed by atoms with Gasteiger partial charge in [-0.1, -0.05) is 12.1 Å². The smallest absolute Gasteiger partial charge is 0.232 e. The number of para-hydroxylation sites is 2. The Hall–Kier alpha value is -5.30. The van der Waals surface area contributed by atoms with Gasteiger partial charge in [-0.3, -0.25) is 0 Å². The normalized spacial score (nSPS) is 10.3. The quantitative estimate of drug-likeness (QED) is 0.0822. The molecule has 0 fully saturated rings. The number of benzene rings is 3. The van der Waals surface area contributed by atoms with E-state index >= 15 is 0 Å². The molecule has 1 aromatic heterocycles. The van der Waals surface area contributed by atoms with Gasteiger partial charge in [0, 0.05) is 35.3 Å². The summed E-state index contributed by atoms with van der Waals surface area (Å²) in [5.74, 6) is 2.11. The Balaban J connectivity index is 1.45. The third-order valence-corrected chi connectivity index (χ3v) is 5.31. The monoisotopic (exact) mass is 516 g/mol. The zero-order chi connectivity index (χ0) is 26.9. The van der Waals surface area contributed by atoms with Crippen molar-refractivity contribution in [2.24, 2.45) is 0 Å². The zero-order valence-electron chi connectivity index (χ0n) is 21.0. The number of nitrogen functional groups attached to an aromatic ring is 1. The first kappa shape index (κ1) is 25.8. The van der Waals surface area contributed by atoms with E-state index < -0.39 is 0 Å². The lowest BCUT2D eigenvalue weighted by Gasteiger charge is -2.16. The molecule has 0 radical (unpaired) electrons. The molecule has 0 aliphatic carbocycles. The average molecular weight is 517 g/mol. The SMILES string of the molecule is COc1cc(Nc2ncnc(Nc3ccccc3NNNc3ccc(N)c(C=N)c3)n2)cc(OC)c1OC. The maximum absolute atomic E-state index is 7.44. The van der Waals surface area contributed by atoms with E-state index in [0.717, 1.165) is 11.4 Å². The first-order valence-corrected chi connectivity index (χ1v) is 11.3. The van der Waals surface area contributed by atoms with Crippen LogP contribution in [0.15, 0.2) is 60.9 Å². The van der Waals surface area contributed by atoms with Crippen LogP contribution < -0.4 is 47.0 Å². The fourth-order valence-corrected chi connectivity index (χ4v) is 3.47. The number of hydrazine groups is 2. The van der Waals surface area contributed by atoms with E-state index in [1.54, 1.807) is 51.7 Å². The predicted molar refractivity (Wildman–Crippen MR) is 148 cm³/mol. The van der Waals surface area contributed by atoms with Crippen LogP contribution in [0.3, 0.4) is 0 Å². The highest BCUT2D eigenvalue weighted by molar-refractivity contribution is 5.86. The molecule has 0 aliphatic heterocycles. The number of ether oxygens (including phenoxy) is 3. The minimum atomic E-state index is 0.312. The van der Waals surface area contributed by atoms with Crippen LogP contribution in [0.4, 0.5) is 40.3 Å². The van der Waals surface area contributed by atoms with Gasteiger partial charge in [0.05, 0.1) is 38.4 Å². The molecule has 0 saturated heterocycles. The number of methoxy groups -OCH3 is 3. The topological polar surface area (TPSA) is 176 Å². The minimum Gasteiger partial charge on any atom is -0.493 e. The van der Waals surface area contributed by atoms with Crippen LogP contribution >= 0.6 is 0 Å². The summed E-state index contributed by atoms with van der Waals surface area (Å²) in [4.78, 5) is 12.9. The summed E-state index contributed by atoms with van der Waals surface area (Å²) in [5.41, 5.74) is 18.8. The van der Waals surface area contributed by atoms with Crippen LogP contribution in [0.5, 0.6) is 17.2 Å². The summed E-state index contributed by atoms with van der Waals surface area (Å²) in [6.07, 6.45) is 2.60. The second-order valence-corrected chi connectivity index (χ2v) is 7.71. The van der Waals surface area contributed by atoms with Crippen LogP contribution in [-0.2, 0) is 0 Å². The van der Waals surface area contributed by atoms with Crippen molar-refractivity contribution in [2.75, 3.05) is 48.5 Å². The van der Waals surface area contributed by atoms with E-state index in [2.05, 4.69) is 42.0 Å². The Morgan fingerprint density at radius 1 is 0.789 bits per heavy atom. The van der Waals surface area contributed by atoms with Gasteiger partial charge in [-0.2, -0.15) is 4.98 Å². The standard InChI is InChI=1S/C25H28N10O3/c1-36-21-11-17(12-22(37-2)23(21)38-3)30-24-28-14-29-25(32-24)31-19-6-4-5-7-20(19)34-35-33-16-8-9-18(27)15(10-16)13-26/h4-14,26,33-35H,27H2,1-3H3,(H2,28,29,30,31,32). The van der Waals surface area contributed by atoms with Crippen LogP contribution in [0.2, 0.25) is 0 Å². The van der Waals surface area contributed by atoms with Crippen LogP contribution in [0.1, 0.15) is 5.56 Å². The Morgan fingerprint density at radius 3 is 2.13 bits per heavy atom. The van der Waals surface area contributed by atoms with Gasteiger partial charge < -0.3 is 46.8 Å². The summed E-state index contributed by atoms with van der Waals surface area (Å²) in [5, 5.41) is 13.8. The van der Waals surface area contributed by atoms with E-state index in [4.69, 9.17) is 25.4 Å². The molecule has 0 bridgehead atoms. The highest BCUT2D eigenvalue weighted by atomic mass is 16.5. The van der Waals surface area contributed by atoms with Gasteiger partial charge in [-0.15, -0.1) is 5.53 Å². The maximum Gasteiger partial charge on any atom is 0.232 e. The maximum atomic E-state index is 7.44. The van der Waals surface area contributed by atoms with E-state index in [9.17, 15) is 0 Å². The number of nitrogens with zero attached hydrogens (tertiary/aromatic N) is 3. The Kier molecular flexibility index (Phi) is 8.21. The summed E-state index contributed by atoms with van der Waals surface area (Å²) < 4.78 is 16.2. The van der Waals surface area contributed by atoms with Crippen molar-refractivity contribution < 1.29 is 14.2 Å². The molecule has 0 aliphatic rings. The van der Waals surface area contributed by atoms with E-state index in [1.165, 1.54) is 12.5 Å². The lowest BCUT2D eigenvalue weighted by Crippen LogP contribution is -2.28. The molecule has 13 nitrogen and oxygen atoms in total. The third kappa shape index (κ3) is 6.09. The first-order chi connectivity index (χ1) is 18.5. The lowest BCUT2D eigenvalue weighted by atomic mass is 10.2. The van der Waals surface area contributed by atoms with Gasteiger partial charge in [0.15, 0.2) is 11.5 Å². The lowest BCUT2D eigenvalue weighted by molar-refractivity contribution is 0.324. The molecule has 13 heteroatoms. The molecule has 1 heterocycles. The molecule has 0 amide bonds. The molecule has 0 unspecified atom stereocenters. The van der Waals surface area contributed by atoms with Crippen molar-refractivity contribution in [3.63, 3.8) is 0 Å². The van der Waals surface area contributed by atoms with E-state index in [1.807, 2.05) is 24.3 Å². The molecular weight excluding hydrogens is 488 g/mol. The minimum absolute atomic E-state index is 0.312. The van der Waals surface area contributed by atoms with E-state index in [-0.39, 0.29) is 0 Å². The number of hydrogen-bond acceptors (Lipinski definition) is 13. The van der Waals surface area contributed by atoms with Gasteiger partial charge in [0.1, 0.15) is 6.33 Å².